The van der Waals surface area contributed by atoms with Crippen LogP contribution in [0.1, 0.15) is 0 Å². The zero-order valence-electron chi connectivity index (χ0n) is 14.0. The van der Waals surface area contributed by atoms with Gasteiger partial charge in [0, 0.05) is 17.1 Å². The third-order valence-electron chi connectivity index (χ3n) is 3.87. The van der Waals surface area contributed by atoms with Crippen molar-refractivity contribution in [3.8, 4) is 28.6 Å². The highest BCUT2D eigenvalue weighted by molar-refractivity contribution is 7.08. The first-order valence-electron chi connectivity index (χ1n) is 8.15. The summed E-state index contributed by atoms with van der Waals surface area (Å²) in [6.07, 6.45) is 1.66. The monoisotopic (exact) mass is 383 g/mol. The van der Waals surface area contributed by atoms with Crippen LogP contribution in [0, 0.1) is 5.82 Å². The Balaban J connectivity index is 1.49. The van der Waals surface area contributed by atoms with Crippen LogP contribution in [0.4, 0.5) is 4.39 Å². The predicted molar refractivity (Wildman–Crippen MR) is 99.2 cm³/mol. The van der Waals surface area contributed by atoms with Crippen molar-refractivity contribution in [2.24, 2.45) is 0 Å². The van der Waals surface area contributed by atoms with E-state index in [4.69, 9.17) is 9.26 Å². The van der Waals surface area contributed by atoms with E-state index in [9.17, 15) is 9.18 Å². The molecule has 6 nitrogen and oxygen atoms in total. The van der Waals surface area contributed by atoms with Gasteiger partial charge in [0.2, 0.25) is 5.82 Å². The molecule has 8 heteroatoms. The molecule has 4 rings (SSSR count). The minimum Gasteiger partial charge on any atom is -0.492 e. The summed E-state index contributed by atoms with van der Waals surface area (Å²) in [7, 11) is 0. The Morgan fingerprint density at radius 1 is 1.19 bits per heavy atom. The van der Waals surface area contributed by atoms with E-state index >= 15 is 0 Å². The van der Waals surface area contributed by atoms with E-state index in [1.54, 1.807) is 30.5 Å². The molecule has 0 N–H and O–H groups in total. The molecule has 0 amide bonds. The lowest BCUT2D eigenvalue weighted by atomic mass is 10.2. The molecule has 0 aliphatic heterocycles. The van der Waals surface area contributed by atoms with Crippen LogP contribution >= 0.6 is 11.3 Å². The van der Waals surface area contributed by atoms with Crippen LogP contribution in [0.5, 0.6) is 5.75 Å². The van der Waals surface area contributed by atoms with Gasteiger partial charge in [-0.2, -0.15) is 16.3 Å². The fourth-order valence-electron chi connectivity index (χ4n) is 2.51. The summed E-state index contributed by atoms with van der Waals surface area (Å²) in [4.78, 5) is 17.0. The lowest BCUT2D eigenvalue weighted by molar-refractivity contribution is 0.296. The topological polar surface area (TPSA) is 70.2 Å². The SMILES string of the molecule is O=c1c(-c2nc(-c3ccsc3)no2)cccn1CCOc1ccc(F)cc1. The summed E-state index contributed by atoms with van der Waals surface area (Å²) in [6, 6.07) is 11.0. The highest BCUT2D eigenvalue weighted by Crippen LogP contribution is 2.22. The van der Waals surface area contributed by atoms with E-state index in [0.717, 1.165) is 5.56 Å². The van der Waals surface area contributed by atoms with Gasteiger partial charge in [0.25, 0.3) is 11.4 Å². The minimum atomic E-state index is -0.326. The van der Waals surface area contributed by atoms with Gasteiger partial charge in [0.05, 0.1) is 6.54 Å². The average molecular weight is 383 g/mol. The lowest BCUT2D eigenvalue weighted by Gasteiger charge is -2.08. The number of ether oxygens (including phenoxy) is 1. The van der Waals surface area contributed by atoms with Crippen LogP contribution in [-0.2, 0) is 6.54 Å². The van der Waals surface area contributed by atoms with E-state index in [0.29, 0.717) is 23.7 Å². The molecule has 27 heavy (non-hydrogen) atoms. The molecule has 0 aliphatic rings. The molecule has 0 saturated heterocycles. The zero-order chi connectivity index (χ0) is 18.6. The van der Waals surface area contributed by atoms with Crippen molar-refractivity contribution < 1.29 is 13.7 Å². The molecule has 4 aromatic rings. The van der Waals surface area contributed by atoms with Gasteiger partial charge in [-0.3, -0.25) is 4.79 Å². The maximum absolute atomic E-state index is 12.9. The maximum atomic E-state index is 12.9. The Bertz CT molecular complexity index is 1090. The van der Waals surface area contributed by atoms with E-state index in [-0.39, 0.29) is 23.9 Å². The number of benzene rings is 1. The van der Waals surface area contributed by atoms with Crippen LogP contribution < -0.4 is 10.3 Å². The number of thiophene rings is 1. The molecule has 0 saturated carbocycles. The van der Waals surface area contributed by atoms with Gasteiger partial charge in [-0.05, 0) is 47.8 Å². The maximum Gasteiger partial charge on any atom is 0.263 e. The first-order valence-corrected chi connectivity index (χ1v) is 9.09. The standard InChI is InChI=1S/C19H14FN3O3S/c20-14-3-5-15(6-4-14)25-10-9-23-8-1-2-16(19(23)24)18-21-17(22-26-18)13-7-11-27-12-13/h1-8,11-12H,9-10H2. The molecule has 0 spiro atoms. The summed E-state index contributed by atoms with van der Waals surface area (Å²) in [5, 5.41) is 7.76. The van der Waals surface area contributed by atoms with Gasteiger partial charge in [-0.25, -0.2) is 4.39 Å². The summed E-state index contributed by atoms with van der Waals surface area (Å²) < 4.78 is 25.2. The zero-order valence-corrected chi connectivity index (χ0v) is 14.9. The van der Waals surface area contributed by atoms with Crippen molar-refractivity contribution in [3.05, 3.63) is 75.6 Å². The molecule has 0 atom stereocenters. The van der Waals surface area contributed by atoms with Crippen LogP contribution in [0.15, 0.2) is 68.7 Å². The second kappa shape index (κ2) is 7.55. The first kappa shape index (κ1) is 17.2. The highest BCUT2D eigenvalue weighted by Gasteiger charge is 2.15. The van der Waals surface area contributed by atoms with E-state index in [1.165, 1.54) is 28.0 Å². The number of pyridine rings is 1. The number of rotatable bonds is 6. The van der Waals surface area contributed by atoms with Crippen molar-refractivity contribution in [1.29, 1.82) is 0 Å². The Kier molecular flexibility index (Phi) is 4.80. The highest BCUT2D eigenvalue weighted by atomic mass is 32.1. The second-order valence-corrected chi connectivity index (χ2v) is 6.44. The molecule has 0 fully saturated rings. The van der Waals surface area contributed by atoms with Crippen molar-refractivity contribution in [1.82, 2.24) is 14.7 Å². The van der Waals surface area contributed by atoms with Crippen molar-refractivity contribution in [2.75, 3.05) is 6.61 Å². The number of hydrogen-bond acceptors (Lipinski definition) is 6. The largest absolute Gasteiger partial charge is 0.492 e. The molecular formula is C19H14FN3O3S. The Morgan fingerprint density at radius 2 is 2.04 bits per heavy atom. The van der Waals surface area contributed by atoms with Gasteiger partial charge < -0.3 is 13.8 Å². The third kappa shape index (κ3) is 3.80. The number of aromatic nitrogens is 3. The summed E-state index contributed by atoms with van der Waals surface area (Å²) in [6.45, 7) is 0.592. The second-order valence-electron chi connectivity index (χ2n) is 5.66. The normalized spacial score (nSPS) is 10.9. The first-order chi connectivity index (χ1) is 13.2. The predicted octanol–water partition coefficient (Wildman–Crippen LogP) is 3.84. The van der Waals surface area contributed by atoms with Crippen LogP contribution in [0.2, 0.25) is 0 Å². The smallest absolute Gasteiger partial charge is 0.263 e. The van der Waals surface area contributed by atoms with Crippen molar-refractivity contribution in [2.45, 2.75) is 6.54 Å². The molecule has 0 unspecified atom stereocenters. The summed E-state index contributed by atoms with van der Waals surface area (Å²) in [5.41, 5.74) is 0.924. The van der Waals surface area contributed by atoms with Gasteiger partial charge >= 0.3 is 0 Å². The lowest BCUT2D eigenvalue weighted by Crippen LogP contribution is -2.23. The molecular weight excluding hydrogens is 369 g/mol. The molecule has 3 aromatic heterocycles. The van der Waals surface area contributed by atoms with Crippen LogP contribution in [-0.4, -0.2) is 21.3 Å². The van der Waals surface area contributed by atoms with Gasteiger partial charge in [-0.15, -0.1) is 0 Å². The fraction of sp³-hybridized carbons (Fsp3) is 0.105. The summed E-state index contributed by atoms with van der Waals surface area (Å²) in [5.74, 6) is 0.834. The van der Waals surface area contributed by atoms with Crippen LogP contribution in [0.25, 0.3) is 22.8 Å². The minimum absolute atomic E-state index is 0.176. The van der Waals surface area contributed by atoms with Crippen molar-refractivity contribution >= 4 is 11.3 Å². The number of hydrogen-bond donors (Lipinski definition) is 0. The van der Waals surface area contributed by atoms with E-state index in [2.05, 4.69) is 10.1 Å². The Morgan fingerprint density at radius 3 is 2.81 bits per heavy atom. The van der Waals surface area contributed by atoms with Gasteiger partial charge in [0.1, 0.15) is 23.7 Å². The fourth-order valence-corrected chi connectivity index (χ4v) is 3.14. The molecule has 0 bridgehead atoms. The van der Waals surface area contributed by atoms with Gasteiger partial charge in [0.15, 0.2) is 0 Å². The quantitative estimate of drug-likeness (QED) is 0.506. The third-order valence-corrected chi connectivity index (χ3v) is 4.55. The Labute approximate surface area is 157 Å². The average Bonchev–Trinajstić information content (AvgIpc) is 3.36. The van der Waals surface area contributed by atoms with E-state index in [1.807, 2.05) is 16.8 Å². The number of nitrogens with zero attached hydrogens (tertiary/aromatic N) is 3. The number of halogens is 1. The van der Waals surface area contributed by atoms with Crippen LogP contribution in [0.3, 0.4) is 0 Å². The Hall–Kier alpha value is -3.26. The molecule has 136 valence electrons. The molecule has 3 heterocycles. The molecule has 0 radical (unpaired) electrons. The van der Waals surface area contributed by atoms with Gasteiger partial charge in [-0.1, -0.05) is 5.16 Å². The molecule has 0 aliphatic carbocycles. The van der Waals surface area contributed by atoms with E-state index < -0.39 is 0 Å². The molecule has 1 aromatic carbocycles. The van der Waals surface area contributed by atoms with Crippen molar-refractivity contribution in [3.63, 3.8) is 0 Å². The summed E-state index contributed by atoms with van der Waals surface area (Å²) >= 11 is 1.53.